The molecule has 0 saturated heterocycles. The van der Waals surface area contributed by atoms with Crippen LogP contribution in [0.25, 0.3) is 34.4 Å². The Kier molecular flexibility index (Phi) is 9.71. The number of allylic oxidation sites excluding steroid dienone is 7. The van der Waals surface area contributed by atoms with Crippen LogP contribution >= 0.6 is 0 Å². The van der Waals surface area contributed by atoms with Gasteiger partial charge in [-0.2, -0.15) is 0 Å². The van der Waals surface area contributed by atoms with Gasteiger partial charge < -0.3 is 9.80 Å². The Bertz CT molecular complexity index is 3960. The predicted molar refractivity (Wildman–Crippen MR) is 315 cm³/mol. The predicted octanol–water partition coefficient (Wildman–Crippen LogP) is 18.1. The lowest BCUT2D eigenvalue weighted by atomic mass is 9.67. The van der Waals surface area contributed by atoms with Crippen molar-refractivity contribution in [2.45, 2.75) is 62.2 Å². The maximum Gasteiger partial charge on any atom is 0.0714 e. The molecule has 16 rings (SSSR count). The van der Waals surface area contributed by atoms with E-state index < -0.39 is 5.41 Å². The summed E-state index contributed by atoms with van der Waals surface area (Å²) in [5, 5.41) is 0. The second kappa shape index (κ2) is 16.9. The molecule has 7 aliphatic rings. The normalized spacial score (nSPS) is 17.5. The van der Waals surface area contributed by atoms with Crippen molar-refractivity contribution in [1.82, 2.24) is 0 Å². The first-order valence-electron chi connectivity index (χ1n) is 27.6. The first-order valence-corrected chi connectivity index (χ1v) is 27.6. The zero-order chi connectivity index (χ0) is 50.0. The molecular weight excluding hydrogens is 917 g/mol. The first-order chi connectivity index (χ1) is 37.6. The van der Waals surface area contributed by atoms with E-state index in [4.69, 9.17) is 0 Å². The van der Waals surface area contributed by atoms with Crippen LogP contribution in [0.1, 0.15) is 98.9 Å². The molecule has 0 N–H and O–H groups in total. The maximum atomic E-state index is 2.63. The smallest absolute Gasteiger partial charge is 0.0714 e. The number of nitrogens with zero attached hydrogens (tertiary/aromatic N) is 2. The third kappa shape index (κ3) is 6.40. The van der Waals surface area contributed by atoms with Crippen LogP contribution in [0.5, 0.6) is 0 Å². The van der Waals surface area contributed by atoms with Gasteiger partial charge in [0.15, 0.2) is 0 Å². The average Bonchev–Trinajstić information content (AvgIpc) is 4.29. The molecule has 0 amide bonds. The second-order valence-electron chi connectivity index (χ2n) is 22.2. The van der Waals surface area contributed by atoms with Crippen molar-refractivity contribution in [2.75, 3.05) is 9.80 Å². The van der Waals surface area contributed by atoms with E-state index in [-0.39, 0.29) is 5.41 Å². The van der Waals surface area contributed by atoms with E-state index in [0.717, 1.165) is 51.4 Å². The molecule has 0 saturated carbocycles. The first kappa shape index (κ1) is 43.7. The number of fused-ring (bicyclic) bond motifs is 11. The lowest BCUT2D eigenvalue weighted by molar-refractivity contribution is 0.563. The fourth-order valence-corrected chi connectivity index (χ4v) is 14.9. The Morgan fingerprint density at radius 3 is 1.53 bits per heavy atom. The summed E-state index contributed by atoms with van der Waals surface area (Å²) >= 11 is 0. The summed E-state index contributed by atoms with van der Waals surface area (Å²) in [5.74, 6) is 0. The number of hydrogen-bond donors (Lipinski definition) is 0. The standard InChI is InChI=1S/C74H56N2/c1-3-23-57(24-4-1)74(58-25-5-2-6-26-58)67-42-50(34-38-63(67)64-40-36-60(46-68(64)74)76-71-29-15-11-19-53(71)44-54-20-12-16-30-72(54)76)32-31-49-33-37-61-62-39-35-59(75-69-27-13-9-17-51(69)43-52-18-10-14-28-70(52)75)45-66(62)73(65(61)41-49)47-55-21-7-8-22-56(55)48-73/h1-11,13-14,16-19,21-28,30-42,45-46H,12,15,20,29,43-44,47-48H2/b32-31+. The molecule has 1 spiro atoms. The van der Waals surface area contributed by atoms with E-state index in [0.29, 0.717) is 0 Å². The van der Waals surface area contributed by atoms with Crippen molar-refractivity contribution in [2.24, 2.45) is 0 Å². The molecule has 2 nitrogen and oxygen atoms in total. The molecule has 0 unspecified atom stereocenters. The van der Waals surface area contributed by atoms with Gasteiger partial charge in [-0.25, -0.2) is 0 Å². The van der Waals surface area contributed by atoms with Crippen LogP contribution in [0.2, 0.25) is 0 Å². The lowest BCUT2D eigenvalue weighted by Gasteiger charge is -2.39. The van der Waals surface area contributed by atoms with Gasteiger partial charge in [0.05, 0.1) is 5.41 Å². The van der Waals surface area contributed by atoms with Gasteiger partial charge in [-0.1, -0.05) is 194 Å². The largest absolute Gasteiger partial charge is 0.314 e. The SMILES string of the molecule is C1=CC2=C(CC1)CC1=C(CCC=C1)N2c1ccc2c(c1)C(c1ccccc1)(c1ccccc1)c1cc(/C=C/c3ccc4c(c3)C3(Cc5ccccc5C3)c3cc(N5c6ccccc6Cc6ccccc65)ccc3-4)ccc1-2. The second-order valence-corrected chi connectivity index (χ2v) is 22.2. The van der Waals surface area contributed by atoms with E-state index in [9.17, 15) is 0 Å². The Labute approximate surface area is 446 Å². The summed E-state index contributed by atoms with van der Waals surface area (Å²) in [6, 6.07) is 79.0. The van der Waals surface area contributed by atoms with Gasteiger partial charge in [0.25, 0.3) is 0 Å². The average molecular weight is 973 g/mol. The van der Waals surface area contributed by atoms with Crippen molar-refractivity contribution in [3.8, 4) is 22.3 Å². The Hall–Kier alpha value is -8.72. The van der Waals surface area contributed by atoms with Crippen LogP contribution in [0.4, 0.5) is 22.7 Å². The minimum atomic E-state index is -0.535. The van der Waals surface area contributed by atoms with E-state index in [2.05, 4.69) is 253 Å². The Balaban J connectivity index is 0.813. The molecule has 0 fully saturated rings. The topological polar surface area (TPSA) is 6.48 Å². The monoisotopic (exact) mass is 972 g/mol. The molecule has 0 radical (unpaired) electrons. The van der Waals surface area contributed by atoms with Crippen molar-refractivity contribution < 1.29 is 0 Å². The quantitative estimate of drug-likeness (QED) is 0.153. The van der Waals surface area contributed by atoms with Crippen LogP contribution in [-0.4, -0.2) is 0 Å². The summed E-state index contributed by atoms with van der Waals surface area (Å²) in [7, 11) is 0. The van der Waals surface area contributed by atoms with Crippen LogP contribution in [-0.2, 0) is 30.1 Å². The highest BCUT2D eigenvalue weighted by atomic mass is 15.2. The highest BCUT2D eigenvalue weighted by Crippen LogP contribution is 2.60. The van der Waals surface area contributed by atoms with Gasteiger partial charge in [0.1, 0.15) is 0 Å². The van der Waals surface area contributed by atoms with Crippen molar-refractivity contribution >= 4 is 34.9 Å². The zero-order valence-corrected chi connectivity index (χ0v) is 42.6. The Morgan fingerprint density at radius 2 is 0.882 bits per heavy atom. The molecule has 0 aromatic heterocycles. The van der Waals surface area contributed by atoms with Crippen molar-refractivity contribution in [1.29, 1.82) is 0 Å². The van der Waals surface area contributed by atoms with Crippen LogP contribution < -0.4 is 9.80 Å². The van der Waals surface area contributed by atoms with Crippen LogP contribution in [0, 0.1) is 0 Å². The molecule has 9 aromatic carbocycles. The fourth-order valence-electron chi connectivity index (χ4n) is 14.9. The van der Waals surface area contributed by atoms with E-state index in [1.54, 1.807) is 5.57 Å². The van der Waals surface area contributed by atoms with E-state index in [1.807, 2.05) is 0 Å². The zero-order valence-electron chi connectivity index (χ0n) is 42.6. The third-order valence-electron chi connectivity index (χ3n) is 18.3. The Morgan fingerprint density at radius 1 is 0.395 bits per heavy atom. The van der Waals surface area contributed by atoms with Crippen molar-refractivity contribution in [3.05, 3.63) is 320 Å². The highest BCUT2D eigenvalue weighted by Gasteiger charge is 2.49. The number of para-hydroxylation sites is 2. The number of rotatable bonds is 6. The van der Waals surface area contributed by atoms with Gasteiger partial charge in [0, 0.05) is 46.0 Å². The van der Waals surface area contributed by atoms with Gasteiger partial charge in [-0.3, -0.25) is 0 Å². The highest BCUT2D eigenvalue weighted by molar-refractivity contribution is 5.92. The number of anilines is 4. The summed E-state index contributed by atoms with van der Waals surface area (Å²) < 4.78 is 0. The van der Waals surface area contributed by atoms with E-state index >= 15 is 0 Å². The molecule has 9 aromatic rings. The van der Waals surface area contributed by atoms with Gasteiger partial charge in [-0.05, 0) is 194 Å². The molecule has 2 heteroatoms. The van der Waals surface area contributed by atoms with E-state index in [1.165, 1.54) is 129 Å². The van der Waals surface area contributed by atoms with Crippen LogP contribution in [0.3, 0.4) is 0 Å². The summed E-state index contributed by atoms with van der Waals surface area (Å²) in [6.45, 7) is 0. The molecule has 0 atom stereocenters. The molecule has 2 aliphatic heterocycles. The molecule has 5 aliphatic carbocycles. The minimum absolute atomic E-state index is 0.169. The van der Waals surface area contributed by atoms with Gasteiger partial charge >= 0.3 is 0 Å². The van der Waals surface area contributed by atoms with Gasteiger partial charge in [-0.15, -0.1) is 0 Å². The lowest BCUT2D eigenvalue weighted by Crippen LogP contribution is -2.31. The summed E-state index contributed by atoms with van der Waals surface area (Å²) in [6.07, 6.45) is 22.6. The number of hydrogen-bond acceptors (Lipinski definition) is 2. The number of benzene rings is 9. The fraction of sp³-hybridized carbons (Fsp3) is 0.135. The maximum absolute atomic E-state index is 2.63. The third-order valence-corrected chi connectivity index (χ3v) is 18.3. The summed E-state index contributed by atoms with van der Waals surface area (Å²) in [4.78, 5) is 5.14. The van der Waals surface area contributed by atoms with Crippen LogP contribution in [0.15, 0.2) is 253 Å². The molecular formula is C74H56N2. The summed E-state index contributed by atoms with van der Waals surface area (Å²) in [5.41, 5.74) is 31.8. The molecule has 2 heterocycles. The van der Waals surface area contributed by atoms with Crippen molar-refractivity contribution in [3.63, 3.8) is 0 Å². The van der Waals surface area contributed by atoms with Gasteiger partial charge in [0.2, 0.25) is 0 Å². The minimum Gasteiger partial charge on any atom is -0.314 e. The molecule has 362 valence electrons. The molecule has 76 heavy (non-hydrogen) atoms. The molecule has 0 bridgehead atoms.